The van der Waals surface area contributed by atoms with Gasteiger partial charge < -0.3 is 10.2 Å². The molecule has 2 aromatic rings. The summed E-state index contributed by atoms with van der Waals surface area (Å²) >= 11 is 0. The lowest BCUT2D eigenvalue weighted by Crippen LogP contribution is -2.38. The molecule has 0 aliphatic heterocycles. The molecule has 1 N–H and O–H groups in total. The summed E-state index contributed by atoms with van der Waals surface area (Å²) < 4.78 is 0. The summed E-state index contributed by atoms with van der Waals surface area (Å²) in [5, 5.41) is 4.66. The molecule has 5 heteroatoms. The predicted molar refractivity (Wildman–Crippen MR) is 119 cm³/mol. The third-order valence-corrected chi connectivity index (χ3v) is 5.89. The van der Waals surface area contributed by atoms with E-state index < -0.39 is 0 Å². The Balaban J connectivity index is 1.73. The van der Waals surface area contributed by atoms with E-state index in [2.05, 4.69) is 74.4 Å². The molecule has 2 unspecified atom stereocenters. The summed E-state index contributed by atoms with van der Waals surface area (Å²) in [4.78, 5) is 14.5. The van der Waals surface area contributed by atoms with Crippen molar-refractivity contribution < 1.29 is 0 Å². The lowest BCUT2D eigenvalue weighted by Gasteiger charge is -2.37. The highest BCUT2D eigenvalue weighted by Crippen LogP contribution is 2.31. The van der Waals surface area contributed by atoms with Crippen molar-refractivity contribution in [3.8, 4) is 0 Å². The van der Waals surface area contributed by atoms with Crippen LogP contribution in [0, 0.1) is 11.8 Å². The van der Waals surface area contributed by atoms with Crippen LogP contribution in [0.15, 0.2) is 24.3 Å². The van der Waals surface area contributed by atoms with Crippen molar-refractivity contribution in [2.75, 3.05) is 39.5 Å². The monoisotopic (exact) mass is 383 g/mol. The maximum Gasteiger partial charge on any atom is 0.145 e. The minimum Gasteiger partial charge on any atom is -0.369 e. The molecule has 5 nitrogen and oxygen atoms in total. The van der Waals surface area contributed by atoms with E-state index in [1.165, 1.54) is 19.3 Å². The van der Waals surface area contributed by atoms with Crippen molar-refractivity contribution in [1.82, 2.24) is 19.8 Å². The Bertz CT molecular complexity index is 750. The SMILES string of the molecule is CC1CC(C)CC(N(C)Cc2nc(NCCCN(C)C)c3ccccc3n2)C1. The van der Waals surface area contributed by atoms with E-state index in [1.54, 1.807) is 0 Å². The number of nitrogens with zero attached hydrogens (tertiary/aromatic N) is 4. The fraction of sp³-hybridized carbons (Fsp3) is 0.652. The zero-order valence-corrected chi connectivity index (χ0v) is 18.3. The van der Waals surface area contributed by atoms with Gasteiger partial charge in [0.1, 0.15) is 11.6 Å². The maximum atomic E-state index is 4.91. The number of hydrogen-bond donors (Lipinski definition) is 1. The van der Waals surface area contributed by atoms with Gasteiger partial charge in [-0.3, -0.25) is 4.90 Å². The van der Waals surface area contributed by atoms with Gasteiger partial charge in [0, 0.05) is 18.0 Å². The molecule has 0 saturated heterocycles. The van der Waals surface area contributed by atoms with Crippen molar-refractivity contribution in [2.45, 2.75) is 52.1 Å². The number of rotatable bonds is 8. The van der Waals surface area contributed by atoms with Crippen LogP contribution in [0.4, 0.5) is 5.82 Å². The molecule has 28 heavy (non-hydrogen) atoms. The quantitative estimate of drug-likeness (QED) is 0.691. The highest BCUT2D eigenvalue weighted by molar-refractivity contribution is 5.88. The summed E-state index contributed by atoms with van der Waals surface area (Å²) in [5.74, 6) is 3.51. The number of anilines is 1. The summed E-state index contributed by atoms with van der Waals surface area (Å²) in [7, 11) is 6.46. The van der Waals surface area contributed by atoms with Gasteiger partial charge in [-0.05, 0) is 77.3 Å². The Hall–Kier alpha value is -1.72. The average molecular weight is 384 g/mol. The van der Waals surface area contributed by atoms with Crippen molar-refractivity contribution >= 4 is 16.7 Å². The first-order chi connectivity index (χ1) is 13.4. The highest BCUT2D eigenvalue weighted by Gasteiger charge is 2.27. The molecule has 1 fully saturated rings. The van der Waals surface area contributed by atoms with Crippen LogP contribution < -0.4 is 5.32 Å². The fourth-order valence-electron chi connectivity index (χ4n) is 4.55. The first kappa shape index (κ1) is 21.0. The molecule has 0 spiro atoms. The Morgan fingerprint density at radius 2 is 1.71 bits per heavy atom. The zero-order valence-electron chi connectivity index (χ0n) is 18.3. The van der Waals surface area contributed by atoms with E-state index in [1.807, 2.05) is 0 Å². The highest BCUT2D eigenvalue weighted by atomic mass is 15.2. The second-order valence-electron chi connectivity index (χ2n) is 9.08. The van der Waals surface area contributed by atoms with Crippen LogP contribution in [0.5, 0.6) is 0 Å². The molecule has 3 rings (SSSR count). The topological polar surface area (TPSA) is 44.3 Å². The lowest BCUT2D eigenvalue weighted by atomic mass is 9.80. The molecule has 0 amide bonds. The van der Waals surface area contributed by atoms with Crippen molar-refractivity contribution in [3.63, 3.8) is 0 Å². The molecular weight excluding hydrogens is 346 g/mol. The first-order valence-corrected chi connectivity index (χ1v) is 10.8. The van der Waals surface area contributed by atoms with Crippen LogP contribution in [-0.4, -0.2) is 60.0 Å². The summed E-state index contributed by atoms with van der Waals surface area (Å²) in [6.07, 6.45) is 5.02. The van der Waals surface area contributed by atoms with Crippen LogP contribution in [0.2, 0.25) is 0 Å². The fourth-order valence-corrected chi connectivity index (χ4v) is 4.55. The minimum absolute atomic E-state index is 0.630. The maximum absolute atomic E-state index is 4.91. The van der Waals surface area contributed by atoms with Gasteiger partial charge in [-0.25, -0.2) is 9.97 Å². The van der Waals surface area contributed by atoms with Crippen LogP contribution in [0.3, 0.4) is 0 Å². The lowest BCUT2D eigenvalue weighted by molar-refractivity contribution is 0.126. The molecule has 1 aromatic carbocycles. The van der Waals surface area contributed by atoms with Crippen LogP contribution in [-0.2, 0) is 6.54 Å². The molecule has 1 aliphatic rings. The van der Waals surface area contributed by atoms with E-state index in [-0.39, 0.29) is 0 Å². The Labute approximate surface area is 170 Å². The molecule has 1 aromatic heterocycles. The van der Waals surface area contributed by atoms with Gasteiger partial charge >= 0.3 is 0 Å². The predicted octanol–water partition coefficient (Wildman–Crippen LogP) is 4.25. The summed E-state index contributed by atoms with van der Waals surface area (Å²) in [6, 6.07) is 8.96. The number of para-hydroxylation sites is 1. The summed E-state index contributed by atoms with van der Waals surface area (Å²) in [5.41, 5.74) is 1.03. The average Bonchev–Trinajstić information content (AvgIpc) is 2.64. The second-order valence-corrected chi connectivity index (χ2v) is 9.08. The number of nitrogens with one attached hydrogen (secondary N) is 1. The third kappa shape index (κ3) is 5.65. The second kappa shape index (κ2) is 9.66. The van der Waals surface area contributed by atoms with E-state index in [9.17, 15) is 0 Å². The van der Waals surface area contributed by atoms with Gasteiger partial charge in [0.05, 0.1) is 12.1 Å². The molecule has 154 valence electrons. The molecule has 2 atom stereocenters. The Kier molecular flexibility index (Phi) is 7.24. The van der Waals surface area contributed by atoms with E-state index in [0.717, 1.165) is 60.4 Å². The number of fused-ring (bicyclic) bond motifs is 1. The van der Waals surface area contributed by atoms with Gasteiger partial charge in [0.25, 0.3) is 0 Å². The van der Waals surface area contributed by atoms with Gasteiger partial charge in [0.2, 0.25) is 0 Å². The first-order valence-electron chi connectivity index (χ1n) is 10.8. The smallest absolute Gasteiger partial charge is 0.145 e. The molecule has 1 aliphatic carbocycles. The standard InChI is InChI=1S/C23H37N5/c1-17-13-18(2)15-19(14-17)28(5)16-22-25-21-10-7-6-9-20(21)23(26-22)24-11-8-12-27(3)4/h6-7,9-10,17-19H,8,11-16H2,1-5H3,(H,24,25,26). The molecular formula is C23H37N5. The van der Waals surface area contributed by atoms with Crippen LogP contribution >= 0.6 is 0 Å². The van der Waals surface area contributed by atoms with Crippen LogP contribution in [0.25, 0.3) is 10.9 Å². The molecule has 1 heterocycles. The third-order valence-electron chi connectivity index (χ3n) is 5.89. The van der Waals surface area contributed by atoms with Gasteiger partial charge in [0.15, 0.2) is 0 Å². The molecule has 0 radical (unpaired) electrons. The van der Waals surface area contributed by atoms with Crippen LogP contribution in [0.1, 0.15) is 45.4 Å². The molecule has 0 bridgehead atoms. The van der Waals surface area contributed by atoms with Gasteiger partial charge in [-0.1, -0.05) is 26.0 Å². The van der Waals surface area contributed by atoms with E-state index >= 15 is 0 Å². The minimum atomic E-state index is 0.630. The zero-order chi connectivity index (χ0) is 20.1. The molecule has 1 saturated carbocycles. The number of aromatic nitrogens is 2. The Morgan fingerprint density at radius 3 is 2.43 bits per heavy atom. The number of hydrogen-bond acceptors (Lipinski definition) is 5. The largest absolute Gasteiger partial charge is 0.369 e. The van der Waals surface area contributed by atoms with Crippen molar-refractivity contribution in [3.05, 3.63) is 30.1 Å². The van der Waals surface area contributed by atoms with E-state index in [4.69, 9.17) is 9.97 Å². The Morgan fingerprint density at radius 1 is 1.00 bits per heavy atom. The van der Waals surface area contributed by atoms with Gasteiger partial charge in [-0.15, -0.1) is 0 Å². The van der Waals surface area contributed by atoms with Crippen molar-refractivity contribution in [1.29, 1.82) is 0 Å². The van der Waals surface area contributed by atoms with E-state index in [0.29, 0.717) is 6.04 Å². The van der Waals surface area contributed by atoms with Gasteiger partial charge in [-0.2, -0.15) is 0 Å². The number of benzene rings is 1. The van der Waals surface area contributed by atoms with Crippen molar-refractivity contribution in [2.24, 2.45) is 11.8 Å². The normalized spacial score (nSPS) is 22.9. The summed E-state index contributed by atoms with van der Waals surface area (Å²) in [6.45, 7) is 7.58.